The van der Waals surface area contributed by atoms with Crippen molar-refractivity contribution in [2.24, 2.45) is 0 Å². The Morgan fingerprint density at radius 1 is 1.44 bits per heavy atom. The summed E-state index contributed by atoms with van der Waals surface area (Å²) in [6, 6.07) is 1.89. The van der Waals surface area contributed by atoms with Gasteiger partial charge >= 0.3 is 6.18 Å². The monoisotopic (exact) mass is 265 g/mol. The first-order chi connectivity index (χ1) is 8.51. The molecule has 1 aromatic heterocycles. The van der Waals surface area contributed by atoms with Crippen molar-refractivity contribution in [3.63, 3.8) is 0 Å². The van der Waals surface area contributed by atoms with Crippen LogP contribution in [-0.2, 0) is 17.8 Å². The van der Waals surface area contributed by atoms with Gasteiger partial charge in [0.25, 0.3) is 0 Å². The van der Waals surface area contributed by atoms with Crippen LogP contribution in [-0.4, -0.2) is 35.7 Å². The zero-order valence-electron chi connectivity index (χ0n) is 10.3. The summed E-state index contributed by atoms with van der Waals surface area (Å²) in [6.07, 6.45) is -1.92. The second-order valence-corrected chi connectivity index (χ2v) is 3.87. The summed E-state index contributed by atoms with van der Waals surface area (Å²) < 4.78 is 41.6. The second-order valence-electron chi connectivity index (χ2n) is 3.87. The minimum atomic E-state index is -4.25. The molecule has 0 amide bonds. The van der Waals surface area contributed by atoms with Gasteiger partial charge in [-0.1, -0.05) is 6.92 Å². The molecule has 1 N–H and O–H groups in total. The quantitative estimate of drug-likeness (QED) is 0.730. The van der Waals surface area contributed by atoms with Gasteiger partial charge in [0.2, 0.25) is 0 Å². The minimum absolute atomic E-state index is 0.0852. The van der Waals surface area contributed by atoms with Crippen molar-refractivity contribution in [1.29, 1.82) is 0 Å². The highest BCUT2D eigenvalue weighted by atomic mass is 19.4. The highest BCUT2D eigenvalue weighted by molar-refractivity contribution is 4.98. The van der Waals surface area contributed by atoms with Gasteiger partial charge in [-0.2, -0.15) is 18.3 Å². The van der Waals surface area contributed by atoms with Gasteiger partial charge < -0.3 is 10.1 Å². The first kappa shape index (κ1) is 15.0. The molecule has 0 unspecified atom stereocenters. The molecule has 0 aliphatic heterocycles. The number of alkyl halides is 3. The molecular formula is C11H18F3N3O. The van der Waals surface area contributed by atoms with Gasteiger partial charge in [0.05, 0.1) is 5.69 Å². The third-order valence-corrected chi connectivity index (χ3v) is 2.19. The van der Waals surface area contributed by atoms with E-state index in [2.05, 4.69) is 15.2 Å². The number of nitrogens with one attached hydrogen (secondary N) is 1. The largest absolute Gasteiger partial charge is 0.411 e. The summed E-state index contributed by atoms with van der Waals surface area (Å²) >= 11 is 0. The fourth-order valence-corrected chi connectivity index (χ4v) is 1.39. The van der Waals surface area contributed by atoms with Crippen LogP contribution in [0.1, 0.15) is 19.0 Å². The van der Waals surface area contributed by atoms with Crippen LogP contribution in [0, 0.1) is 0 Å². The number of ether oxygens (including phenoxy) is 1. The standard InChI is InChI=1S/C11H18F3N3O/c1-2-15-8-10-4-6-17(16-10)5-3-7-18-9-11(12,13)14/h4,6,15H,2-3,5,7-9H2,1H3. The molecule has 7 heteroatoms. The third-order valence-electron chi connectivity index (χ3n) is 2.19. The van der Waals surface area contributed by atoms with Gasteiger partial charge in [-0.05, 0) is 19.0 Å². The summed E-state index contributed by atoms with van der Waals surface area (Å²) in [7, 11) is 0. The number of rotatable bonds is 8. The van der Waals surface area contributed by atoms with E-state index in [0.717, 1.165) is 12.2 Å². The molecule has 18 heavy (non-hydrogen) atoms. The van der Waals surface area contributed by atoms with Crippen LogP contribution in [0.15, 0.2) is 12.3 Å². The molecule has 4 nitrogen and oxygen atoms in total. The normalized spacial score (nSPS) is 12.0. The van der Waals surface area contributed by atoms with Gasteiger partial charge in [-0.15, -0.1) is 0 Å². The lowest BCUT2D eigenvalue weighted by Crippen LogP contribution is -2.18. The Morgan fingerprint density at radius 3 is 2.89 bits per heavy atom. The van der Waals surface area contributed by atoms with Gasteiger partial charge in [0.15, 0.2) is 0 Å². The van der Waals surface area contributed by atoms with E-state index in [-0.39, 0.29) is 6.61 Å². The van der Waals surface area contributed by atoms with Gasteiger partial charge in [0.1, 0.15) is 6.61 Å². The topological polar surface area (TPSA) is 39.1 Å². The molecule has 0 aromatic carbocycles. The van der Waals surface area contributed by atoms with Crippen LogP contribution < -0.4 is 5.32 Å². The molecule has 0 saturated heterocycles. The van der Waals surface area contributed by atoms with E-state index in [1.165, 1.54) is 0 Å². The lowest BCUT2D eigenvalue weighted by Gasteiger charge is -2.07. The second kappa shape index (κ2) is 7.38. The van der Waals surface area contributed by atoms with Crippen molar-refractivity contribution in [3.05, 3.63) is 18.0 Å². The molecule has 0 spiro atoms. The maximum atomic E-state index is 11.8. The number of aryl methyl sites for hydroxylation is 1. The SMILES string of the molecule is CCNCc1ccn(CCCOCC(F)(F)F)n1. The Kier molecular flexibility index (Phi) is 6.14. The zero-order valence-corrected chi connectivity index (χ0v) is 10.3. The van der Waals surface area contributed by atoms with Crippen LogP contribution >= 0.6 is 0 Å². The minimum Gasteiger partial charge on any atom is -0.372 e. The average Bonchev–Trinajstić information content (AvgIpc) is 2.72. The predicted molar refractivity (Wildman–Crippen MR) is 61.1 cm³/mol. The number of aromatic nitrogens is 2. The van der Waals surface area contributed by atoms with Gasteiger partial charge in [-0.3, -0.25) is 4.68 Å². The van der Waals surface area contributed by atoms with E-state index in [1.54, 1.807) is 4.68 Å². The lowest BCUT2D eigenvalue weighted by atomic mass is 10.4. The maximum Gasteiger partial charge on any atom is 0.411 e. The van der Waals surface area contributed by atoms with E-state index in [0.29, 0.717) is 19.5 Å². The fourth-order valence-electron chi connectivity index (χ4n) is 1.39. The summed E-state index contributed by atoms with van der Waals surface area (Å²) in [4.78, 5) is 0. The Balaban J connectivity index is 2.13. The summed E-state index contributed by atoms with van der Waals surface area (Å²) in [5, 5.41) is 7.42. The lowest BCUT2D eigenvalue weighted by molar-refractivity contribution is -0.174. The highest BCUT2D eigenvalue weighted by Gasteiger charge is 2.27. The summed E-state index contributed by atoms with van der Waals surface area (Å²) in [5.74, 6) is 0. The number of hydrogen-bond donors (Lipinski definition) is 1. The van der Waals surface area contributed by atoms with E-state index in [4.69, 9.17) is 0 Å². The molecule has 0 bridgehead atoms. The predicted octanol–water partition coefficient (Wildman–Crippen LogP) is 1.96. The summed E-state index contributed by atoms with van der Waals surface area (Å²) in [6.45, 7) is 3.05. The molecule has 0 radical (unpaired) electrons. The first-order valence-corrected chi connectivity index (χ1v) is 5.89. The third kappa shape index (κ3) is 6.61. The highest BCUT2D eigenvalue weighted by Crippen LogP contribution is 2.14. The molecule has 0 atom stereocenters. The van der Waals surface area contributed by atoms with Crippen molar-refractivity contribution in [2.45, 2.75) is 32.6 Å². The van der Waals surface area contributed by atoms with Crippen molar-refractivity contribution >= 4 is 0 Å². The molecular weight excluding hydrogens is 247 g/mol. The zero-order chi connectivity index (χ0) is 13.4. The summed E-state index contributed by atoms with van der Waals surface area (Å²) in [5.41, 5.74) is 0.924. The number of nitrogens with zero attached hydrogens (tertiary/aromatic N) is 2. The molecule has 0 aliphatic rings. The molecule has 1 rings (SSSR count). The number of hydrogen-bond acceptors (Lipinski definition) is 3. The Hall–Kier alpha value is -1.08. The average molecular weight is 265 g/mol. The van der Waals surface area contributed by atoms with Gasteiger partial charge in [0, 0.05) is 25.9 Å². The smallest absolute Gasteiger partial charge is 0.372 e. The van der Waals surface area contributed by atoms with Crippen LogP contribution in [0.3, 0.4) is 0 Å². The molecule has 0 fully saturated rings. The van der Waals surface area contributed by atoms with Crippen molar-refractivity contribution < 1.29 is 17.9 Å². The maximum absolute atomic E-state index is 11.8. The van der Waals surface area contributed by atoms with Crippen molar-refractivity contribution in [2.75, 3.05) is 19.8 Å². The van der Waals surface area contributed by atoms with Crippen LogP contribution in [0.4, 0.5) is 13.2 Å². The molecule has 0 saturated carbocycles. The Bertz CT molecular complexity index is 339. The number of halogens is 3. The molecule has 1 heterocycles. The van der Waals surface area contributed by atoms with Crippen LogP contribution in [0.2, 0.25) is 0 Å². The van der Waals surface area contributed by atoms with Crippen LogP contribution in [0.25, 0.3) is 0 Å². The van der Waals surface area contributed by atoms with E-state index in [1.807, 2.05) is 19.2 Å². The van der Waals surface area contributed by atoms with Crippen molar-refractivity contribution in [1.82, 2.24) is 15.1 Å². The Morgan fingerprint density at radius 2 is 2.22 bits per heavy atom. The Labute approximate surface area is 104 Å². The molecule has 1 aromatic rings. The molecule has 104 valence electrons. The first-order valence-electron chi connectivity index (χ1n) is 5.89. The fraction of sp³-hybridized carbons (Fsp3) is 0.727. The van der Waals surface area contributed by atoms with E-state index < -0.39 is 12.8 Å². The van der Waals surface area contributed by atoms with Crippen molar-refractivity contribution in [3.8, 4) is 0 Å². The van der Waals surface area contributed by atoms with Gasteiger partial charge in [-0.25, -0.2) is 0 Å². The van der Waals surface area contributed by atoms with E-state index in [9.17, 15) is 13.2 Å². The van der Waals surface area contributed by atoms with Crippen LogP contribution in [0.5, 0.6) is 0 Å². The molecule has 0 aliphatic carbocycles. The van der Waals surface area contributed by atoms with E-state index >= 15 is 0 Å².